The van der Waals surface area contributed by atoms with Crippen LogP contribution in [0, 0.1) is 10.1 Å². The number of hydrogen-bond acceptors (Lipinski definition) is 5. The molecule has 0 fully saturated rings. The number of carbonyl (C=O) groups excluding carboxylic acids is 1. The number of nitrogens with zero attached hydrogens (tertiary/aromatic N) is 3. The number of fused-ring (bicyclic) bond motifs is 1. The third-order valence-electron chi connectivity index (χ3n) is 2.76. The average Bonchev–Trinajstić information content (AvgIpc) is 2.81. The molecule has 0 atom stereocenters. The Morgan fingerprint density at radius 3 is 3.05 bits per heavy atom. The number of nitro benzene ring substituents is 1. The van der Waals surface area contributed by atoms with Crippen LogP contribution in [0.25, 0.3) is 10.9 Å². The first-order valence-electron chi connectivity index (χ1n) is 5.97. The number of rotatable bonds is 6. The highest BCUT2D eigenvalue weighted by Crippen LogP contribution is 2.20. The molecule has 2 rings (SSSR count). The third-order valence-corrected chi connectivity index (χ3v) is 2.76. The van der Waals surface area contributed by atoms with E-state index in [2.05, 4.69) is 10.4 Å². The molecular formula is C12H14N4O4. The predicted molar refractivity (Wildman–Crippen MR) is 71.3 cm³/mol. The highest BCUT2D eigenvalue weighted by Gasteiger charge is 2.12. The minimum Gasteiger partial charge on any atom is -0.383 e. The fourth-order valence-electron chi connectivity index (χ4n) is 1.78. The van der Waals surface area contributed by atoms with Crippen LogP contribution in [0.5, 0.6) is 0 Å². The number of amides is 1. The Kier molecular flexibility index (Phi) is 4.26. The summed E-state index contributed by atoms with van der Waals surface area (Å²) in [6.07, 6.45) is 1.57. The minimum atomic E-state index is -0.477. The van der Waals surface area contributed by atoms with Gasteiger partial charge in [-0.25, -0.2) is 0 Å². The average molecular weight is 278 g/mol. The van der Waals surface area contributed by atoms with E-state index in [1.165, 1.54) is 16.8 Å². The van der Waals surface area contributed by atoms with Crippen molar-refractivity contribution in [3.8, 4) is 0 Å². The molecule has 0 radical (unpaired) electrons. The van der Waals surface area contributed by atoms with Gasteiger partial charge in [-0.05, 0) is 6.07 Å². The van der Waals surface area contributed by atoms with E-state index in [0.29, 0.717) is 18.7 Å². The fraction of sp³-hybridized carbons (Fsp3) is 0.333. The zero-order valence-electron chi connectivity index (χ0n) is 10.9. The van der Waals surface area contributed by atoms with Crippen molar-refractivity contribution >= 4 is 22.5 Å². The summed E-state index contributed by atoms with van der Waals surface area (Å²) in [6, 6.07) is 4.43. The van der Waals surface area contributed by atoms with E-state index in [1.54, 1.807) is 19.4 Å². The summed E-state index contributed by atoms with van der Waals surface area (Å²) >= 11 is 0. The van der Waals surface area contributed by atoms with Crippen molar-refractivity contribution in [3.05, 3.63) is 34.5 Å². The van der Waals surface area contributed by atoms with Crippen LogP contribution < -0.4 is 5.32 Å². The van der Waals surface area contributed by atoms with Gasteiger partial charge in [-0.2, -0.15) is 5.10 Å². The topological polar surface area (TPSA) is 99.3 Å². The number of hydrogen-bond donors (Lipinski definition) is 1. The molecule has 1 amide bonds. The number of carbonyl (C=O) groups is 1. The summed E-state index contributed by atoms with van der Waals surface area (Å²) in [7, 11) is 1.55. The lowest BCUT2D eigenvalue weighted by molar-refractivity contribution is -0.384. The summed E-state index contributed by atoms with van der Waals surface area (Å²) in [4.78, 5) is 22.0. The van der Waals surface area contributed by atoms with Gasteiger partial charge in [0.25, 0.3) is 5.69 Å². The highest BCUT2D eigenvalue weighted by atomic mass is 16.6. The number of non-ortho nitro benzene ring substituents is 1. The smallest absolute Gasteiger partial charge is 0.271 e. The van der Waals surface area contributed by atoms with Gasteiger partial charge in [-0.1, -0.05) is 0 Å². The van der Waals surface area contributed by atoms with Crippen LogP contribution in [0.3, 0.4) is 0 Å². The first-order chi connectivity index (χ1) is 9.61. The Bertz CT molecular complexity index is 637. The number of methoxy groups -OCH3 is 1. The molecule has 0 saturated carbocycles. The van der Waals surface area contributed by atoms with E-state index in [1.807, 2.05) is 0 Å². The van der Waals surface area contributed by atoms with Crippen molar-refractivity contribution in [1.29, 1.82) is 0 Å². The molecular weight excluding hydrogens is 264 g/mol. The molecule has 2 aromatic rings. The van der Waals surface area contributed by atoms with Crippen LogP contribution in [-0.2, 0) is 16.1 Å². The van der Waals surface area contributed by atoms with E-state index in [-0.39, 0.29) is 18.1 Å². The van der Waals surface area contributed by atoms with Crippen LogP contribution in [0.4, 0.5) is 5.69 Å². The maximum absolute atomic E-state index is 11.7. The van der Waals surface area contributed by atoms with Crippen LogP contribution in [0.1, 0.15) is 0 Å². The summed E-state index contributed by atoms with van der Waals surface area (Å²) in [5.41, 5.74) is 0.528. The summed E-state index contributed by atoms with van der Waals surface area (Å²) in [6.45, 7) is 0.847. The van der Waals surface area contributed by atoms with Gasteiger partial charge in [0.15, 0.2) is 0 Å². The van der Waals surface area contributed by atoms with Gasteiger partial charge in [0, 0.05) is 31.2 Å². The van der Waals surface area contributed by atoms with E-state index in [0.717, 1.165) is 5.39 Å². The van der Waals surface area contributed by atoms with Crippen molar-refractivity contribution in [1.82, 2.24) is 15.1 Å². The molecule has 8 nitrogen and oxygen atoms in total. The molecule has 0 aliphatic rings. The van der Waals surface area contributed by atoms with E-state index >= 15 is 0 Å². The Balaban J connectivity index is 2.15. The van der Waals surface area contributed by atoms with Gasteiger partial charge < -0.3 is 10.1 Å². The molecule has 0 spiro atoms. The van der Waals surface area contributed by atoms with E-state index in [4.69, 9.17) is 4.74 Å². The van der Waals surface area contributed by atoms with Crippen molar-refractivity contribution in [2.24, 2.45) is 0 Å². The van der Waals surface area contributed by atoms with Gasteiger partial charge in [0.2, 0.25) is 5.91 Å². The zero-order valence-corrected chi connectivity index (χ0v) is 10.9. The second-order valence-corrected chi connectivity index (χ2v) is 4.15. The van der Waals surface area contributed by atoms with E-state index < -0.39 is 4.92 Å². The zero-order chi connectivity index (χ0) is 14.5. The molecule has 0 bridgehead atoms. The van der Waals surface area contributed by atoms with Gasteiger partial charge in [-0.3, -0.25) is 19.6 Å². The molecule has 8 heteroatoms. The third kappa shape index (κ3) is 3.09. The number of nitro groups is 1. The van der Waals surface area contributed by atoms with Crippen LogP contribution in [0.2, 0.25) is 0 Å². The molecule has 0 unspecified atom stereocenters. The molecule has 1 aromatic heterocycles. The Hall–Kier alpha value is -2.48. The second-order valence-electron chi connectivity index (χ2n) is 4.15. The maximum atomic E-state index is 11.7. The Morgan fingerprint density at radius 1 is 1.55 bits per heavy atom. The first-order valence-corrected chi connectivity index (χ1v) is 5.97. The van der Waals surface area contributed by atoms with Crippen LogP contribution in [0.15, 0.2) is 24.4 Å². The largest absolute Gasteiger partial charge is 0.383 e. The molecule has 106 valence electrons. The number of benzene rings is 1. The van der Waals surface area contributed by atoms with Crippen LogP contribution >= 0.6 is 0 Å². The van der Waals surface area contributed by atoms with E-state index in [9.17, 15) is 14.9 Å². The second kappa shape index (κ2) is 6.11. The SMILES string of the molecule is COCCNC(=O)Cn1ncc2ccc([N+](=O)[O-])cc21. The monoisotopic (exact) mass is 278 g/mol. The lowest BCUT2D eigenvalue weighted by atomic mass is 10.2. The van der Waals surface area contributed by atoms with Crippen molar-refractivity contribution in [2.45, 2.75) is 6.54 Å². The van der Waals surface area contributed by atoms with Crippen molar-refractivity contribution < 1.29 is 14.5 Å². The minimum absolute atomic E-state index is 0.00832. The van der Waals surface area contributed by atoms with Crippen LogP contribution in [-0.4, -0.2) is 40.9 Å². The summed E-state index contributed by atoms with van der Waals surface area (Å²) in [5.74, 6) is -0.224. The number of ether oxygens (including phenoxy) is 1. The molecule has 1 heterocycles. The molecule has 1 aromatic carbocycles. The van der Waals surface area contributed by atoms with Gasteiger partial charge in [0.05, 0.1) is 23.2 Å². The van der Waals surface area contributed by atoms with Gasteiger partial charge >= 0.3 is 0 Å². The summed E-state index contributed by atoms with van der Waals surface area (Å²) < 4.78 is 6.26. The quantitative estimate of drug-likeness (QED) is 0.476. The molecule has 20 heavy (non-hydrogen) atoms. The lowest BCUT2D eigenvalue weighted by Gasteiger charge is -2.05. The number of nitrogens with one attached hydrogen (secondary N) is 1. The van der Waals surface area contributed by atoms with Gasteiger partial charge in [0.1, 0.15) is 6.54 Å². The molecule has 0 saturated heterocycles. The fourth-order valence-corrected chi connectivity index (χ4v) is 1.78. The molecule has 0 aliphatic carbocycles. The standard InChI is InChI=1S/C12H14N4O4/c1-20-5-4-13-12(17)8-15-11-6-10(16(18)19)3-2-9(11)7-14-15/h2-3,6-7H,4-5,8H2,1H3,(H,13,17). The van der Waals surface area contributed by atoms with Gasteiger partial charge in [-0.15, -0.1) is 0 Å². The predicted octanol–water partition coefficient (Wildman–Crippen LogP) is 0.707. The number of aromatic nitrogens is 2. The van der Waals surface area contributed by atoms with Crippen molar-refractivity contribution in [3.63, 3.8) is 0 Å². The Labute approximate surface area is 114 Å². The molecule has 1 N–H and O–H groups in total. The normalized spacial score (nSPS) is 10.7. The maximum Gasteiger partial charge on any atom is 0.271 e. The highest BCUT2D eigenvalue weighted by molar-refractivity contribution is 5.83. The summed E-state index contributed by atoms with van der Waals surface area (Å²) in [5, 5.41) is 18.2. The molecule has 0 aliphatic heterocycles. The first kappa shape index (κ1) is 13.9. The van der Waals surface area contributed by atoms with Crippen molar-refractivity contribution in [2.75, 3.05) is 20.3 Å². The Morgan fingerprint density at radius 2 is 2.35 bits per heavy atom. The lowest BCUT2D eigenvalue weighted by Crippen LogP contribution is -2.30.